The van der Waals surface area contributed by atoms with Crippen LogP contribution in [0.1, 0.15) is 38.2 Å². The van der Waals surface area contributed by atoms with Gasteiger partial charge in [-0.15, -0.1) is 0 Å². The Morgan fingerprint density at radius 3 is 2.68 bits per heavy atom. The predicted molar refractivity (Wildman–Crippen MR) is 97.5 cm³/mol. The molecular weight excluding hydrogens is 316 g/mol. The summed E-state index contributed by atoms with van der Waals surface area (Å²) in [5.74, 6) is 1.20. The Kier molecular flexibility index (Phi) is 5.97. The summed E-state index contributed by atoms with van der Waals surface area (Å²) < 4.78 is 5.66. The molecule has 1 amide bonds. The molecule has 0 bridgehead atoms. The van der Waals surface area contributed by atoms with Gasteiger partial charge in [-0.2, -0.15) is 0 Å². The number of piperidine rings is 2. The predicted octanol–water partition coefficient (Wildman–Crippen LogP) is 2.28. The minimum atomic E-state index is 0.0349. The largest absolute Gasteiger partial charge is 0.491 e. The number of amides is 1. The van der Waals surface area contributed by atoms with E-state index >= 15 is 0 Å². The van der Waals surface area contributed by atoms with Gasteiger partial charge in [-0.3, -0.25) is 9.69 Å². The fraction of sp³-hybridized carbons (Fsp3) is 0.650. The summed E-state index contributed by atoms with van der Waals surface area (Å²) in [6.07, 6.45) is 4.09. The van der Waals surface area contributed by atoms with Gasteiger partial charge in [0.05, 0.1) is 6.61 Å². The molecule has 2 heterocycles. The van der Waals surface area contributed by atoms with E-state index in [4.69, 9.17) is 9.84 Å². The molecule has 1 aromatic carbocycles. The van der Waals surface area contributed by atoms with Crippen molar-refractivity contribution in [2.45, 2.75) is 39.2 Å². The molecule has 0 saturated carbocycles. The van der Waals surface area contributed by atoms with Crippen LogP contribution in [0.2, 0.25) is 0 Å². The third kappa shape index (κ3) is 4.33. The SMILES string of the molecule is CCN1CC2(CCC1=O)CCN(Cc1ccccc1OCCO)CC2. The first-order valence-corrected chi connectivity index (χ1v) is 9.47. The zero-order chi connectivity index (χ0) is 17.7. The van der Waals surface area contributed by atoms with E-state index in [0.29, 0.717) is 24.3 Å². The Morgan fingerprint density at radius 2 is 1.96 bits per heavy atom. The van der Waals surface area contributed by atoms with Gasteiger partial charge in [-0.25, -0.2) is 0 Å². The number of hydrogen-bond acceptors (Lipinski definition) is 4. The summed E-state index contributed by atoms with van der Waals surface area (Å²) in [7, 11) is 0. The molecule has 25 heavy (non-hydrogen) atoms. The van der Waals surface area contributed by atoms with Gasteiger partial charge in [0.2, 0.25) is 5.91 Å². The standard InChI is InChI=1S/C20H30N2O3/c1-2-22-16-20(8-7-19(22)24)9-11-21(12-10-20)15-17-5-3-4-6-18(17)25-14-13-23/h3-6,23H,2,7-16H2,1H3. The molecule has 1 N–H and O–H groups in total. The highest BCUT2D eigenvalue weighted by atomic mass is 16.5. The van der Waals surface area contributed by atoms with Gasteiger partial charge < -0.3 is 14.7 Å². The maximum Gasteiger partial charge on any atom is 0.222 e. The lowest BCUT2D eigenvalue weighted by Crippen LogP contribution is -2.51. The number of benzene rings is 1. The van der Waals surface area contributed by atoms with E-state index in [-0.39, 0.29) is 6.61 Å². The molecule has 0 aromatic heterocycles. The minimum absolute atomic E-state index is 0.0349. The number of hydrogen-bond donors (Lipinski definition) is 1. The van der Waals surface area contributed by atoms with Gasteiger partial charge in [0.25, 0.3) is 0 Å². The average molecular weight is 346 g/mol. The van der Waals surface area contributed by atoms with Crippen molar-refractivity contribution in [3.63, 3.8) is 0 Å². The van der Waals surface area contributed by atoms with Crippen LogP contribution in [0.25, 0.3) is 0 Å². The number of aliphatic hydroxyl groups excluding tert-OH is 1. The summed E-state index contributed by atoms with van der Waals surface area (Å²) in [4.78, 5) is 16.5. The highest BCUT2D eigenvalue weighted by molar-refractivity contribution is 5.77. The van der Waals surface area contributed by atoms with Gasteiger partial charge in [-0.1, -0.05) is 18.2 Å². The Balaban J connectivity index is 1.57. The highest BCUT2D eigenvalue weighted by Gasteiger charge is 2.40. The van der Waals surface area contributed by atoms with E-state index in [1.807, 2.05) is 23.1 Å². The van der Waals surface area contributed by atoms with Crippen molar-refractivity contribution < 1.29 is 14.6 Å². The second-order valence-electron chi connectivity index (χ2n) is 7.36. The first-order valence-electron chi connectivity index (χ1n) is 9.47. The smallest absolute Gasteiger partial charge is 0.222 e. The lowest BCUT2D eigenvalue weighted by molar-refractivity contribution is -0.138. The molecule has 2 aliphatic rings. The van der Waals surface area contributed by atoms with Gasteiger partial charge in [0.1, 0.15) is 12.4 Å². The van der Waals surface area contributed by atoms with Gasteiger partial charge >= 0.3 is 0 Å². The number of carbonyl (C=O) groups excluding carboxylic acids is 1. The van der Waals surface area contributed by atoms with Crippen LogP contribution in [0.3, 0.4) is 0 Å². The van der Waals surface area contributed by atoms with Crippen LogP contribution < -0.4 is 4.74 Å². The lowest BCUT2D eigenvalue weighted by atomic mass is 9.72. The summed E-state index contributed by atoms with van der Waals surface area (Å²) in [5.41, 5.74) is 1.51. The van der Waals surface area contributed by atoms with Crippen molar-refractivity contribution in [1.82, 2.24) is 9.80 Å². The molecule has 1 aromatic rings. The van der Waals surface area contributed by atoms with E-state index in [9.17, 15) is 4.79 Å². The molecular formula is C20H30N2O3. The van der Waals surface area contributed by atoms with Gasteiger partial charge in [-0.05, 0) is 50.8 Å². The third-order valence-electron chi connectivity index (χ3n) is 5.76. The van der Waals surface area contributed by atoms with Crippen molar-refractivity contribution in [3.05, 3.63) is 29.8 Å². The molecule has 2 aliphatic heterocycles. The third-order valence-corrected chi connectivity index (χ3v) is 5.76. The molecule has 0 radical (unpaired) electrons. The van der Waals surface area contributed by atoms with Crippen LogP contribution in [0, 0.1) is 5.41 Å². The number of rotatable bonds is 6. The number of aliphatic hydroxyl groups is 1. The number of ether oxygens (including phenoxy) is 1. The van der Waals surface area contributed by atoms with E-state index in [1.165, 1.54) is 5.56 Å². The second-order valence-corrected chi connectivity index (χ2v) is 7.36. The molecule has 2 fully saturated rings. The Labute approximate surface area is 150 Å². The molecule has 2 saturated heterocycles. The summed E-state index contributed by atoms with van der Waals surface area (Å²) in [6.45, 7) is 7.24. The van der Waals surface area contributed by atoms with E-state index < -0.39 is 0 Å². The van der Waals surface area contributed by atoms with Crippen molar-refractivity contribution in [2.75, 3.05) is 39.4 Å². The lowest BCUT2D eigenvalue weighted by Gasteiger charge is -2.47. The molecule has 0 aliphatic carbocycles. The maximum absolute atomic E-state index is 12.0. The van der Waals surface area contributed by atoms with Crippen LogP contribution in [-0.2, 0) is 11.3 Å². The van der Waals surface area contributed by atoms with Gasteiger partial charge in [0.15, 0.2) is 0 Å². The summed E-state index contributed by atoms with van der Waals surface area (Å²) >= 11 is 0. The summed E-state index contributed by atoms with van der Waals surface area (Å²) in [5, 5.41) is 8.98. The highest BCUT2D eigenvalue weighted by Crippen LogP contribution is 2.40. The molecule has 5 heteroatoms. The number of para-hydroxylation sites is 1. The fourth-order valence-electron chi connectivity index (χ4n) is 4.16. The number of likely N-dealkylation sites (tertiary alicyclic amines) is 2. The molecule has 0 atom stereocenters. The Bertz CT molecular complexity index is 582. The zero-order valence-electron chi connectivity index (χ0n) is 15.2. The summed E-state index contributed by atoms with van der Waals surface area (Å²) in [6, 6.07) is 8.09. The topological polar surface area (TPSA) is 53.0 Å². The first-order chi connectivity index (χ1) is 12.2. The fourth-order valence-corrected chi connectivity index (χ4v) is 4.16. The first kappa shape index (κ1) is 18.2. The van der Waals surface area contributed by atoms with E-state index in [2.05, 4.69) is 17.9 Å². The van der Waals surface area contributed by atoms with Crippen molar-refractivity contribution in [2.24, 2.45) is 5.41 Å². The van der Waals surface area contributed by atoms with Crippen molar-refractivity contribution in [1.29, 1.82) is 0 Å². The van der Waals surface area contributed by atoms with Crippen LogP contribution in [0.4, 0.5) is 0 Å². The normalized spacial score (nSPS) is 20.9. The Morgan fingerprint density at radius 1 is 1.20 bits per heavy atom. The molecule has 5 nitrogen and oxygen atoms in total. The molecule has 3 rings (SSSR count). The van der Waals surface area contributed by atoms with Crippen molar-refractivity contribution >= 4 is 5.91 Å². The van der Waals surface area contributed by atoms with E-state index in [0.717, 1.165) is 57.7 Å². The van der Waals surface area contributed by atoms with Crippen molar-refractivity contribution in [3.8, 4) is 5.75 Å². The monoisotopic (exact) mass is 346 g/mol. The average Bonchev–Trinajstić information content (AvgIpc) is 2.65. The molecule has 0 unspecified atom stereocenters. The van der Waals surface area contributed by atoms with Gasteiger partial charge in [0, 0.05) is 31.6 Å². The molecule has 1 spiro atoms. The maximum atomic E-state index is 12.0. The zero-order valence-corrected chi connectivity index (χ0v) is 15.2. The number of carbonyl (C=O) groups is 1. The van der Waals surface area contributed by atoms with Crippen LogP contribution in [-0.4, -0.2) is 60.2 Å². The van der Waals surface area contributed by atoms with Crippen LogP contribution in [0.5, 0.6) is 5.75 Å². The quantitative estimate of drug-likeness (QED) is 0.859. The molecule has 138 valence electrons. The van der Waals surface area contributed by atoms with Crippen LogP contribution >= 0.6 is 0 Å². The minimum Gasteiger partial charge on any atom is -0.491 e. The van der Waals surface area contributed by atoms with E-state index in [1.54, 1.807) is 0 Å². The Hall–Kier alpha value is -1.59. The van der Waals surface area contributed by atoms with Crippen LogP contribution in [0.15, 0.2) is 24.3 Å². The second kappa shape index (κ2) is 8.19. The number of nitrogens with zero attached hydrogens (tertiary/aromatic N) is 2.